The molecule has 3 atom stereocenters. The maximum absolute atomic E-state index is 12.7. The highest BCUT2D eigenvalue weighted by Gasteiger charge is 2.25. The number of carboxylic acid groups (broad SMARTS) is 1. The number of imidazole rings is 1. The molecule has 0 saturated heterocycles. The van der Waals surface area contributed by atoms with Gasteiger partial charge in [0.25, 0.3) is 0 Å². The van der Waals surface area contributed by atoms with Crippen molar-refractivity contribution < 1.29 is 24.3 Å². The Labute approximate surface area is 202 Å². The van der Waals surface area contributed by atoms with E-state index in [9.17, 15) is 24.3 Å². The minimum Gasteiger partial charge on any atom is -0.480 e. The van der Waals surface area contributed by atoms with Crippen molar-refractivity contribution in [3.05, 3.63) is 18.2 Å². The van der Waals surface area contributed by atoms with Gasteiger partial charge in [0, 0.05) is 24.9 Å². The fourth-order valence-corrected chi connectivity index (χ4v) is 3.04. The van der Waals surface area contributed by atoms with Crippen molar-refractivity contribution in [3.63, 3.8) is 0 Å². The molecule has 196 valence electrons. The fraction of sp³-hybridized carbons (Fsp3) is 0.600. The summed E-state index contributed by atoms with van der Waals surface area (Å²) >= 11 is 0. The molecule has 1 aromatic rings. The Balaban J connectivity index is 2.61. The SMILES string of the molecule is NCCCCC(NC(=O)C(N)CCCN=C(N)N)C(=O)NCC(=O)NC(Cc1cnc[nH]1)C(=O)O. The molecule has 3 amide bonds. The number of guanidine groups is 1. The number of aliphatic carboxylic acids is 1. The third-order valence-electron chi connectivity index (χ3n) is 4.92. The number of nitrogens with zero attached hydrogens (tertiary/aromatic N) is 2. The quantitative estimate of drug-likeness (QED) is 0.0586. The molecule has 0 aliphatic carbocycles. The Morgan fingerprint density at radius 3 is 2.40 bits per heavy atom. The summed E-state index contributed by atoms with van der Waals surface area (Å²) in [6.07, 6.45) is 5.09. The van der Waals surface area contributed by atoms with E-state index in [-0.39, 0.29) is 18.8 Å². The normalized spacial score (nSPS) is 13.2. The van der Waals surface area contributed by atoms with Crippen molar-refractivity contribution in [1.82, 2.24) is 25.9 Å². The van der Waals surface area contributed by atoms with Crippen LogP contribution < -0.4 is 38.9 Å². The first-order chi connectivity index (χ1) is 16.6. The van der Waals surface area contributed by atoms with E-state index in [1.54, 1.807) is 0 Å². The van der Waals surface area contributed by atoms with Gasteiger partial charge >= 0.3 is 5.97 Å². The summed E-state index contributed by atoms with van der Waals surface area (Å²) in [7, 11) is 0. The number of hydrogen-bond acceptors (Lipinski definition) is 8. The molecule has 0 fully saturated rings. The summed E-state index contributed by atoms with van der Waals surface area (Å²) in [5, 5.41) is 16.7. The molecule has 15 nitrogen and oxygen atoms in total. The molecule has 13 N–H and O–H groups in total. The zero-order valence-electron chi connectivity index (χ0n) is 19.5. The minimum absolute atomic E-state index is 0.00609. The molecule has 0 radical (unpaired) electrons. The van der Waals surface area contributed by atoms with Crippen LogP contribution in [0, 0.1) is 0 Å². The molecule has 0 aliphatic heterocycles. The van der Waals surface area contributed by atoms with Gasteiger partial charge in [0.2, 0.25) is 17.7 Å². The molecular weight excluding hydrogens is 460 g/mol. The topological polar surface area (TPSA) is 270 Å². The number of carboxylic acids is 1. The van der Waals surface area contributed by atoms with Crippen molar-refractivity contribution in [2.45, 2.75) is 56.7 Å². The predicted octanol–water partition coefficient (Wildman–Crippen LogP) is -3.37. The van der Waals surface area contributed by atoms with E-state index in [1.165, 1.54) is 12.5 Å². The lowest BCUT2D eigenvalue weighted by atomic mass is 10.1. The number of rotatable bonds is 17. The highest BCUT2D eigenvalue weighted by Crippen LogP contribution is 2.04. The molecule has 0 saturated carbocycles. The molecule has 3 unspecified atom stereocenters. The first kappa shape index (κ1) is 29.3. The number of amides is 3. The largest absolute Gasteiger partial charge is 0.480 e. The summed E-state index contributed by atoms with van der Waals surface area (Å²) < 4.78 is 0. The maximum atomic E-state index is 12.7. The molecule has 1 rings (SSSR count). The van der Waals surface area contributed by atoms with Crippen molar-refractivity contribution in [2.75, 3.05) is 19.6 Å². The van der Waals surface area contributed by atoms with Crippen LogP contribution in [0.25, 0.3) is 0 Å². The van der Waals surface area contributed by atoms with E-state index in [0.29, 0.717) is 44.5 Å². The van der Waals surface area contributed by atoms with Gasteiger partial charge in [-0.3, -0.25) is 19.4 Å². The highest BCUT2D eigenvalue weighted by molar-refractivity contribution is 5.92. The van der Waals surface area contributed by atoms with Crippen LogP contribution in [0.1, 0.15) is 37.8 Å². The van der Waals surface area contributed by atoms with Gasteiger partial charge in [-0.25, -0.2) is 9.78 Å². The molecule has 0 aliphatic rings. The molecule has 0 spiro atoms. The van der Waals surface area contributed by atoms with Gasteiger partial charge in [0.1, 0.15) is 12.1 Å². The smallest absolute Gasteiger partial charge is 0.326 e. The van der Waals surface area contributed by atoms with E-state index < -0.39 is 48.4 Å². The predicted molar refractivity (Wildman–Crippen MR) is 128 cm³/mol. The number of nitrogens with two attached hydrogens (primary N) is 4. The van der Waals surface area contributed by atoms with Gasteiger partial charge in [-0.05, 0) is 38.6 Å². The number of hydrogen-bond donors (Lipinski definition) is 9. The minimum atomic E-state index is -1.24. The Morgan fingerprint density at radius 1 is 1.06 bits per heavy atom. The number of unbranched alkanes of at least 4 members (excludes halogenated alkanes) is 1. The summed E-state index contributed by atoms with van der Waals surface area (Å²) in [5.41, 5.74) is 22.4. The standard InChI is InChI=1S/C20H36N10O5/c21-6-2-1-5-14(30-17(32)13(22)4-3-7-26-20(23)24)18(33)27-10-16(31)29-15(19(34)35)8-12-9-25-11-28-12/h9,11,13-15H,1-8,10,21-22H2,(H,25,28)(H,27,33)(H,29,31)(H,30,32)(H,34,35)(H4,23,24,26). The van der Waals surface area contributed by atoms with Crippen LogP contribution in [0.2, 0.25) is 0 Å². The van der Waals surface area contributed by atoms with Crippen LogP contribution in [0.15, 0.2) is 17.5 Å². The number of carbonyl (C=O) groups is 4. The molecule has 35 heavy (non-hydrogen) atoms. The van der Waals surface area contributed by atoms with Crippen molar-refractivity contribution in [3.8, 4) is 0 Å². The summed E-state index contributed by atoms with van der Waals surface area (Å²) in [5.74, 6) is -3.12. The number of nitrogens with one attached hydrogen (secondary N) is 4. The third kappa shape index (κ3) is 12.4. The number of aromatic amines is 1. The van der Waals surface area contributed by atoms with Crippen LogP contribution in [0.3, 0.4) is 0 Å². The summed E-state index contributed by atoms with van der Waals surface area (Å²) in [6, 6.07) is -3.03. The number of aliphatic imine (C=N–C) groups is 1. The van der Waals surface area contributed by atoms with Gasteiger partial charge in [0.05, 0.1) is 18.9 Å². The lowest BCUT2D eigenvalue weighted by Crippen LogP contribution is -2.53. The van der Waals surface area contributed by atoms with Gasteiger partial charge < -0.3 is 49.0 Å². The average Bonchev–Trinajstić information content (AvgIpc) is 3.32. The second-order valence-electron chi connectivity index (χ2n) is 7.86. The van der Waals surface area contributed by atoms with Gasteiger partial charge in [0.15, 0.2) is 5.96 Å². The molecule has 1 aromatic heterocycles. The molecule has 0 aromatic carbocycles. The van der Waals surface area contributed by atoms with E-state index >= 15 is 0 Å². The highest BCUT2D eigenvalue weighted by atomic mass is 16.4. The van der Waals surface area contributed by atoms with Crippen molar-refractivity contribution in [1.29, 1.82) is 0 Å². The van der Waals surface area contributed by atoms with E-state index in [0.717, 1.165) is 0 Å². The zero-order chi connectivity index (χ0) is 26.2. The average molecular weight is 497 g/mol. The Morgan fingerprint density at radius 2 is 1.80 bits per heavy atom. The van der Waals surface area contributed by atoms with Crippen LogP contribution in [-0.2, 0) is 25.6 Å². The Bertz CT molecular complexity index is 841. The number of carbonyl (C=O) groups excluding carboxylic acids is 3. The maximum Gasteiger partial charge on any atom is 0.326 e. The van der Waals surface area contributed by atoms with Crippen LogP contribution in [0.5, 0.6) is 0 Å². The fourth-order valence-electron chi connectivity index (χ4n) is 3.04. The van der Waals surface area contributed by atoms with Gasteiger partial charge in [-0.1, -0.05) is 0 Å². The Kier molecular flexibility index (Phi) is 13.4. The molecule has 1 heterocycles. The number of aromatic nitrogens is 2. The Hall–Kier alpha value is -3.72. The van der Waals surface area contributed by atoms with E-state index in [1.807, 2.05) is 0 Å². The van der Waals surface area contributed by atoms with E-state index in [2.05, 4.69) is 30.9 Å². The summed E-state index contributed by atoms with van der Waals surface area (Å²) in [4.78, 5) is 59.2. The number of H-pyrrole nitrogens is 1. The third-order valence-corrected chi connectivity index (χ3v) is 4.92. The lowest BCUT2D eigenvalue weighted by Gasteiger charge is -2.21. The molecule has 15 heteroatoms. The van der Waals surface area contributed by atoms with Crippen LogP contribution in [0.4, 0.5) is 0 Å². The first-order valence-electron chi connectivity index (χ1n) is 11.2. The second-order valence-corrected chi connectivity index (χ2v) is 7.86. The van der Waals surface area contributed by atoms with Crippen LogP contribution >= 0.6 is 0 Å². The van der Waals surface area contributed by atoms with E-state index in [4.69, 9.17) is 22.9 Å². The zero-order valence-corrected chi connectivity index (χ0v) is 19.5. The second kappa shape index (κ2) is 16.0. The van der Waals surface area contributed by atoms with Crippen molar-refractivity contribution in [2.24, 2.45) is 27.9 Å². The molecule has 0 bridgehead atoms. The van der Waals surface area contributed by atoms with Crippen LogP contribution in [-0.4, -0.2) is 82.5 Å². The monoisotopic (exact) mass is 496 g/mol. The molecular formula is C20H36N10O5. The first-order valence-corrected chi connectivity index (χ1v) is 11.2. The van der Waals surface area contributed by atoms with Gasteiger partial charge in [-0.2, -0.15) is 0 Å². The van der Waals surface area contributed by atoms with Gasteiger partial charge in [-0.15, -0.1) is 0 Å². The lowest BCUT2D eigenvalue weighted by molar-refractivity contribution is -0.141. The van der Waals surface area contributed by atoms with Crippen molar-refractivity contribution >= 4 is 29.7 Å². The summed E-state index contributed by atoms with van der Waals surface area (Å²) in [6.45, 7) is 0.262.